The van der Waals surface area contributed by atoms with Crippen molar-refractivity contribution in [3.05, 3.63) is 60.1 Å². The van der Waals surface area contributed by atoms with Gasteiger partial charge in [0.1, 0.15) is 23.2 Å². The van der Waals surface area contributed by atoms with E-state index in [1.165, 1.54) is 6.26 Å². The molecule has 7 nitrogen and oxygen atoms in total. The van der Waals surface area contributed by atoms with Crippen LogP contribution in [0.1, 0.15) is 10.5 Å². The van der Waals surface area contributed by atoms with Gasteiger partial charge < -0.3 is 14.2 Å². The third-order valence-corrected chi connectivity index (χ3v) is 5.67. The maximum absolute atomic E-state index is 12.8. The summed E-state index contributed by atoms with van der Waals surface area (Å²) in [6, 6.07) is 11.6. The highest BCUT2D eigenvalue weighted by Crippen LogP contribution is 2.27. The molecule has 0 bridgehead atoms. The minimum atomic E-state index is -0.103. The van der Waals surface area contributed by atoms with E-state index in [-0.39, 0.29) is 5.91 Å². The lowest BCUT2D eigenvalue weighted by Gasteiger charge is -2.35. The Balaban J connectivity index is 1.29. The van der Waals surface area contributed by atoms with E-state index in [0.717, 1.165) is 34.7 Å². The Bertz CT molecular complexity index is 1120. The van der Waals surface area contributed by atoms with E-state index in [4.69, 9.17) is 4.42 Å². The van der Waals surface area contributed by atoms with Gasteiger partial charge in [0.15, 0.2) is 5.69 Å². The van der Waals surface area contributed by atoms with E-state index >= 15 is 0 Å². The Labute approximate surface area is 165 Å². The molecule has 1 aliphatic heterocycles. The van der Waals surface area contributed by atoms with Gasteiger partial charge in [0, 0.05) is 31.7 Å². The lowest BCUT2D eigenvalue weighted by atomic mass is 10.2. The summed E-state index contributed by atoms with van der Waals surface area (Å²) in [6.07, 6.45) is 3.04. The van der Waals surface area contributed by atoms with Crippen LogP contribution in [0.3, 0.4) is 0 Å². The number of anilines is 1. The number of hydrogen-bond acceptors (Lipinski definition) is 7. The average molecular weight is 391 g/mol. The predicted octanol–water partition coefficient (Wildman–Crippen LogP) is 3.31. The predicted molar refractivity (Wildman–Crippen MR) is 107 cm³/mol. The summed E-state index contributed by atoms with van der Waals surface area (Å²) < 4.78 is 5.51. The first-order valence-corrected chi connectivity index (χ1v) is 9.91. The number of nitrogens with zero attached hydrogens (tertiary/aromatic N) is 5. The maximum atomic E-state index is 12.8. The molecule has 1 saturated heterocycles. The Morgan fingerprint density at radius 1 is 1.04 bits per heavy atom. The van der Waals surface area contributed by atoms with Gasteiger partial charge in [-0.25, -0.2) is 15.0 Å². The number of thiophene rings is 1. The van der Waals surface area contributed by atoms with Crippen LogP contribution in [-0.2, 0) is 0 Å². The summed E-state index contributed by atoms with van der Waals surface area (Å²) in [7, 11) is 0. The molecule has 3 aromatic heterocycles. The van der Waals surface area contributed by atoms with E-state index in [2.05, 4.69) is 19.9 Å². The number of rotatable bonds is 3. The quantitative estimate of drug-likeness (QED) is 0.533. The number of piperazine rings is 1. The fourth-order valence-electron chi connectivity index (χ4n) is 3.40. The molecule has 0 atom stereocenters. The number of oxazole rings is 1. The van der Waals surface area contributed by atoms with Crippen LogP contribution in [0, 0.1) is 0 Å². The van der Waals surface area contributed by atoms with Gasteiger partial charge in [0.2, 0.25) is 5.89 Å². The Hall–Kier alpha value is -3.26. The molecule has 0 spiro atoms. The van der Waals surface area contributed by atoms with Gasteiger partial charge in [0.05, 0.1) is 5.39 Å². The molecule has 4 aromatic rings. The van der Waals surface area contributed by atoms with Crippen molar-refractivity contribution in [2.75, 3.05) is 31.1 Å². The molecule has 1 fully saturated rings. The molecule has 0 radical (unpaired) electrons. The van der Waals surface area contributed by atoms with Crippen LogP contribution in [-0.4, -0.2) is 51.9 Å². The number of fused-ring (bicyclic) bond motifs is 1. The zero-order valence-electron chi connectivity index (χ0n) is 15.0. The van der Waals surface area contributed by atoms with Gasteiger partial charge in [-0.1, -0.05) is 18.2 Å². The van der Waals surface area contributed by atoms with Crippen LogP contribution in [0.4, 0.5) is 5.82 Å². The van der Waals surface area contributed by atoms with Crippen molar-refractivity contribution < 1.29 is 9.21 Å². The van der Waals surface area contributed by atoms with Crippen LogP contribution >= 0.6 is 11.3 Å². The molecule has 28 heavy (non-hydrogen) atoms. The Morgan fingerprint density at radius 3 is 2.68 bits per heavy atom. The zero-order valence-corrected chi connectivity index (χ0v) is 15.8. The summed E-state index contributed by atoms with van der Waals surface area (Å²) in [4.78, 5) is 31.0. The second-order valence-corrected chi connectivity index (χ2v) is 7.41. The highest BCUT2D eigenvalue weighted by atomic mass is 32.1. The van der Waals surface area contributed by atoms with E-state index in [1.807, 2.05) is 46.7 Å². The van der Waals surface area contributed by atoms with Gasteiger partial charge in [-0.3, -0.25) is 4.79 Å². The molecule has 140 valence electrons. The lowest BCUT2D eigenvalue weighted by Crippen LogP contribution is -2.49. The van der Waals surface area contributed by atoms with Gasteiger partial charge in [-0.2, -0.15) is 0 Å². The summed E-state index contributed by atoms with van der Waals surface area (Å²) in [6.45, 7) is 2.66. The summed E-state index contributed by atoms with van der Waals surface area (Å²) in [5, 5.41) is 3.09. The second-order valence-electron chi connectivity index (χ2n) is 6.52. The lowest BCUT2D eigenvalue weighted by molar-refractivity contribution is 0.0740. The molecule has 1 aliphatic rings. The SMILES string of the molecule is O=C(c1coc(-c2ccccc2)n1)N1CCN(c2ncnc3sccc23)CC1. The number of carbonyl (C=O) groups excluding carboxylic acids is 1. The minimum absolute atomic E-state index is 0.103. The van der Waals surface area contributed by atoms with E-state index in [1.54, 1.807) is 17.7 Å². The first kappa shape index (κ1) is 16.9. The number of hydrogen-bond donors (Lipinski definition) is 0. The van der Waals surface area contributed by atoms with E-state index in [0.29, 0.717) is 24.7 Å². The first-order chi connectivity index (χ1) is 13.8. The van der Waals surface area contributed by atoms with Crippen molar-refractivity contribution >= 4 is 33.3 Å². The minimum Gasteiger partial charge on any atom is -0.444 e. The van der Waals surface area contributed by atoms with Crippen molar-refractivity contribution in [2.45, 2.75) is 0 Å². The van der Waals surface area contributed by atoms with Gasteiger partial charge in [0.25, 0.3) is 5.91 Å². The molecule has 1 amide bonds. The number of amides is 1. The molecule has 0 saturated carbocycles. The van der Waals surface area contributed by atoms with Crippen LogP contribution < -0.4 is 4.90 Å². The van der Waals surface area contributed by atoms with Crippen molar-refractivity contribution in [1.29, 1.82) is 0 Å². The van der Waals surface area contributed by atoms with Crippen molar-refractivity contribution in [1.82, 2.24) is 19.9 Å². The Kier molecular flexibility index (Phi) is 4.25. The molecule has 0 N–H and O–H groups in total. The molecule has 1 aromatic carbocycles. The standard InChI is InChI=1S/C20H17N5O2S/c26-20(16-12-27-18(23-16)14-4-2-1-3-5-14)25-9-7-24(8-10-25)17-15-6-11-28-19(15)22-13-21-17/h1-6,11-13H,7-10H2. The number of aromatic nitrogens is 3. The second kappa shape index (κ2) is 7.05. The fraction of sp³-hybridized carbons (Fsp3) is 0.200. The summed E-state index contributed by atoms with van der Waals surface area (Å²) in [5.41, 5.74) is 1.20. The van der Waals surface area contributed by atoms with Crippen LogP contribution in [0.15, 0.2) is 58.8 Å². The van der Waals surface area contributed by atoms with E-state index < -0.39 is 0 Å². The van der Waals surface area contributed by atoms with Crippen molar-refractivity contribution in [3.8, 4) is 11.5 Å². The maximum Gasteiger partial charge on any atom is 0.275 e. The van der Waals surface area contributed by atoms with Crippen molar-refractivity contribution in [2.24, 2.45) is 0 Å². The highest BCUT2D eigenvalue weighted by molar-refractivity contribution is 7.16. The largest absolute Gasteiger partial charge is 0.444 e. The van der Waals surface area contributed by atoms with Gasteiger partial charge in [-0.05, 0) is 23.6 Å². The topological polar surface area (TPSA) is 75.4 Å². The molecular formula is C20H17N5O2S. The number of benzene rings is 1. The molecular weight excluding hydrogens is 374 g/mol. The van der Waals surface area contributed by atoms with Crippen LogP contribution in [0.25, 0.3) is 21.7 Å². The van der Waals surface area contributed by atoms with Crippen LogP contribution in [0.5, 0.6) is 0 Å². The monoisotopic (exact) mass is 391 g/mol. The van der Waals surface area contributed by atoms with E-state index in [9.17, 15) is 4.79 Å². The van der Waals surface area contributed by atoms with Gasteiger partial charge >= 0.3 is 0 Å². The normalized spacial score (nSPS) is 14.6. The zero-order chi connectivity index (χ0) is 18.9. The summed E-state index contributed by atoms with van der Waals surface area (Å²) in [5.74, 6) is 1.29. The third kappa shape index (κ3) is 3.01. The molecule has 0 unspecified atom stereocenters. The average Bonchev–Trinajstić information content (AvgIpc) is 3.43. The third-order valence-electron chi connectivity index (χ3n) is 4.85. The first-order valence-electron chi connectivity index (χ1n) is 9.03. The fourth-order valence-corrected chi connectivity index (χ4v) is 4.12. The Morgan fingerprint density at radius 2 is 1.86 bits per heavy atom. The molecule has 4 heterocycles. The van der Waals surface area contributed by atoms with Gasteiger partial charge in [-0.15, -0.1) is 11.3 Å². The van der Waals surface area contributed by atoms with Crippen LogP contribution in [0.2, 0.25) is 0 Å². The molecule has 5 rings (SSSR count). The highest BCUT2D eigenvalue weighted by Gasteiger charge is 2.26. The molecule has 0 aliphatic carbocycles. The summed E-state index contributed by atoms with van der Waals surface area (Å²) >= 11 is 1.61. The smallest absolute Gasteiger partial charge is 0.275 e. The number of carbonyl (C=O) groups is 1. The van der Waals surface area contributed by atoms with Crippen molar-refractivity contribution in [3.63, 3.8) is 0 Å². The molecule has 8 heteroatoms.